The van der Waals surface area contributed by atoms with Crippen LogP contribution in [-0.2, 0) is 4.74 Å². The van der Waals surface area contributed by atoms with E-state index in [9.17, 15) is 9.59 Å². The second kappa shape index (κ2) is 4.41. The third-order valence-electron chi connectivity index (χ3n) is 1.43. The Labute approximate surface area is 89.4 Å². The van der Waals surface area contributed by atoms with Gasteiger partial charge < -0.3 is 9.72 Å². The van der Waals surface area contributed by atoms with Crippen LogP contribution in [0.3, 0.4) is 0 Å². The maximum Gasteiger partial charge on any atom is 0.344 e. The van der Waals surface area contributed by atoms with Crippen molar-refractivity contribution < 1.29 is 9.53 Å². The molecule has 76 valence electrons. The van der Waals surface area contributed by atoms with E-state index in [4.69, 9.17) is 4.74 Å². The zero-order chi connectivity index (χ0) is 10.7. The van der Waals surface area contributed by atoms with E-state index in [0.717, 1.165) is 0 Å². The quantitative estimate of drug-likeness (QED) is 0.823. The largest absolute Gasteiger partial charge is 0.459 e. The van der Waals surface area contributed by atoms with Crippen LogP contribution in [0.1, 0.15) is 24.2 Å². The first-order valence-electron chi connectivity index (χ1n) is 4.10. The highest BCUT2D eigenvalue weighted by Crippen LogP contribution is 2.08. The number of esters is 1. The molecule has 0 atom stereocenters. The van der Waals surface area contributed by atoms with Gasteiger partial charge in [0.15, 0.2) is 0 Å². The number of aromatic amines is 1. The number of halogens is 1. The number of rotatable bonds is 2. The lowest BCUT2D eigenvalue weighted by Crippen LogP contribution is -2.21. The van der Waals surface area contributed by atoms with E-state index < -0.39 is 11.5 Å². The van der Waals surface area contributed by atoms with Gasteiger partial charge in [0.25, 0.3) is 5.56 Å². The number of hydrogen-bond acceptors (Lipinski definition) is 3. The van der Waals surface area contributed by atoms with E-state index in [1.165, 1.54) is 12.3 Å². The molecule has 5 heteroatoms. The van der Waals surface area contributed by atoms with Gasteiger partial charge in [-0.15, -0.1) is 0 Å². The first-order chi connectivity index (χ1) is 6.50. The van der Waals surface area contributed by atoms with Crippen molar-refractivity contribution >= 4 is 21.9 Å². The van der Waals surface area contributed by atoms with Gasteiger partial charge in [-0.3, -0.25) is 4.79 Å². The van der Waals surface area contributed by atoms with E-state index >= 15 is 0 Å². The Morgan fingerprint density at radius 1 is 1.57 bits per heavy atom. The van der Waals surface area contributed by atoms with E-state index in [1.807, 2.05) is 0 Å². The van der Waals surface area contributed by atoms with Crippen LogP contribution in [0.25, 0.3) is 0 Å². The molecule has 0 fully saturated rings. The SMILES string of the molecule is CC(C)OC(=O)c1cc(Br)c[nH]c1=O. The fraction of sp³-hybridized carbons (Fsp3) is 0.333. The smallest absolute Gasteiger partial charge is 0.344 e. The van der Waals surface area contributed by atoms with Crippen molar-refractivity contribution in [3.8, 4) is 0 Å². The van der Waals surface area contributed by atoms with Gasteiger partial charge in [0.05, 0.1) is 6.10 Å². The van der Waals surface area contributed by atoms with Crippen molar-refractivity contribution in [1.82, 2.24) is 4.98 Å². The molecule has 0 aromatic carbocycles. The molecule has 1 heterocycles. The van der Waals surface area contributed by atoms with E-state index in [-0.39, 0.29) is 11.7 Å². The average Bonchev–Trinajstić information content (AvgIpc) is 2.08. The van der Waals surface area contributed by atoms with E-state index in [1.54, 1.807) is 13.8 Å². The molecule has 0 radical (unpaired) electrons. The Bertz CT molecular complexity index is 397. The van der Waals surface area contributed by atoms with Gasteiger partial charge in [-0.1, -0.05) is 0 Å². The lowest BCUT2D eigenvalue weighted by Gasteiger charge is -2.06. The highest BCUT2D eigenvalue weighted by Gasteiger charge is 2.13. The van der Waals surface area contributed by atoms with Crippen LogP contribution in [0.5, 0.6) is 0 Å². The van der Waals surface area contributed by atoms with Crippen LogP contribution >= 0.6 is 15.9 Å². The molecule has 4 nitrogen and oxygen atoms in total. The highest BCUT2D eigenvalue weighted by atomic mass is 79.9. The number of aromatic nitrogens is 1. The van der Waals surface area contributed by atoms with Gasteiger partial charge in [-0.2, -0.15) is 0 Å². The molecule has 1 aromatic heterocycles. The topological polar surface area (TPSA) is 59.2 Å². The normalized spacial score (nSPS) is 10.3. The van der Waals surface area contributed by atoms with Gasteiger partial charge in [0, 0.05) is 10.7 Å². The summed E-state index contributed by atoms with van der Waals surface area (Å²) < 4.78 is 5.52. The fourth-order valence-corrected chi connectivity index (χ4v) is 1.23. The Balaban J connectivity index is 3.00. The summed E-state index contributed by atoms with van der Waals surface area (Å²) in [5, 5.41) is 0. The van der Waals surface area contributed by atoms with Crippen LogP contribution in [-0.4, -0.2) is 17.1 Å². The molecule has 0 unspecified atom stereocenters. The van der Waals surface area contributed by atoms with Crippen molar-refractivity contribution in [2.24, 2.45) is 0 Å². The number of hydrogen-bond donors (Lipinski definition) is 1. The highest BCUT2D eigenvalue weighted by molar-refractivity contribution is 9.10. The predicted octanol–water partition coefficient (Wildman–Crippen LogP) is 1.70. The predicted molar refractivity (Wildman–Crippen MR) is 55.3 cm³/mol. The monoisotopic (exact) mass is 259 g/mol. The summed E-state index contributed by atoms with van der Waals surface area (Å²) in [6.45, 7) is 3.45. The third kappa shape index (κ3) is 2.70. The number of carbonyl (C=O) groups excluding carboxylic acids is 1. The van der Waals surface area contributed by atoms with Gasteiger partial charge >= 0.3 is 5.97 Å². The third-order valence-corrected chi connectivity index (χ3v) is 1.89. The van der Waals surface area contributed by atoms with Crippen molar-refractivity contribution in [2.45, 2.75) is 20.0 Å². The van der Waals surface area contributed by atoms with Gasteiger partial charge in [-0.05, 0) is 35.8 Å². The zero-order valence-corrected chi connectivity index (χ0v) is 9.42. The standard InChI is InChI=1S/C9H10BrNO3/c1-5(2)14-9(13)7-3-6(10)4-11-8(7)12/h3-5H,1-2H3,(H,11,12). The zero-order valence-electron chi connectivity index (χ0n) is 7.83. The number of H-pyrrole nitrogens is 1. The van der Waals surface area contributed by atoms with Crippen molar-refractivity contribution in [3.05, 3.63) is 32.7 Å². The van der Waals surface area contributed by atoms with Gasteiger partial charge in [0.1, 0.15) is 5.56 Å². The van der Waals surface area contributed by atoms with Crippen molar-refractivity contribution in [2.75, 3.05) is 0 Å². The van der Waals surface area contributed by atoms with Crippen LogP contribution in [0.15, 0.2) is 21.5 Å². The summed E-state index contributed by atoms with van der Waals surface area (Å²) in [5.41, 5.74) is -0.438. The molecule has 1 aromatic rings. The van der Waals surface area contributed by atoms with Gasteiger partial charge in [-0.25, -0.2) is 4.79 Å². The molecule has 0 bridgehead atoms. The van der Waals surface area contributed by atoms with E-state index in [0.29, 0.717) is 4.47 Å². The molecular weight excluding hydrogens is 250 g/mol. The summed E-state index contributed by atoms with van der Waals surface area (Å²) in [6, 6.07) is 1.43. The Morgan fingerprint density at radius 2 is 2.21 bits per heavy atom. The molecule has 0 saturated carbocycles. The van der Waals surface area contributed by atoms with Crippen LogP contribution in [0, 0.1) is 0 Å². The van der Waals surface area contributed by atoms with Crippen LogP contribution < -0.4 is 5.56 Å². The van der Waals surface area contributed by atoms with Crippen LogP contribution in [0.4, 0.5) is 0 Å². The molecule has 0 aliphatic heterocycles. The minimum atomic E-state index is -0.609. The van der Waals surface area contributed by atoms with E-state index in [2.05, 4.69) is 20.9 Å². The second-order valence-corrected chi connectivity index (χ2v) is 3.93. The van der Waals surface area contributed by atoms with Crippen molar-refractivity contribution in [3.63, 3.8) is 0 Å². The molecule has 0 aliphatic carbocycles. The number of nitrogens with one attached hydrogen (secondary N) is 1. The minimum absolute atomic E-state index is 0.00748. The summed E-state index contributed by atoms with van der Waals surface area (Å²) in [4.78, 5) is 25.0. The first kappa shape index (κ1) is 11.0. The molecule has 1 rings (SSSR count). The second-order valence-electron chi connectivity index (χ2n) is 3.01. The summed E-state index contributed by atoms with van der Waals surface area (Å²) in [7, 11) is 0. The summed E-state index contributed by atoms with van der Waals surface area (Å²) in [5.74, 6) is -0.609. The molecule has 14 heavy (non-hydrogen) atoms. The Kier molecular flexibility index (Phi) is 3.46. The number of pyridine rings is 1. The van der Waals surface area contributed by atoms with Gasteiger partial charge in [0.2, 0.25) is 0 Å². The number of carbonyl (C=O) groups is 1. The summed E-state index contributed by atoms with van der Waals surface area (Å²) in [6.07, 6.45) is 1.23. The molecule has 0 amide bonds. The molecule has 1 N–H and O–H groups in total. The van der Waals surface area contributed by atoms with Crippen LogP contribution in [0.2, 0.25) is 0 Å². The summed E-state index contributed by atoms with van der Waals surface area (Å²) >= 11 is 3.15. The maximum absolute atomic E-state index is 11.4. The fourth-order valence-electron chi connectivity index (χ4n) is 0.887. The molecule has 0 saturated heterocycles. The minimum Gasteiger partial charge on any atom is -0.459 e. The lowest BCUT2D eigenvalue weighted by atomic mass is 10.3. The molecule has 0 aliphatic rings. The first-order valence-corrected chi connectivity index (χ1v) is 4.89. The average molecular weight is 260 g/mol. The Hall–Kier alpha value is -1.10. The Morgan fingerprint density at radius 3 is 2.79 bits per heavy atom. The lowest BCUT2D eigenvalue weighted by molar-refractivity contribution is 0.0375. The molecular formula is C9H10BrNO3. The van der Waals surface area contributed by atoms with Crippen molar-refractivity contribution in [1.29, 1.82) is 0 Å². The number of ether oxygens (including phenoxy) is 1. The maximum atomic E-state index is 11.4. The molecule has 0 spiro atoms.